The highest BCUT2D eigenvalue weighted by atomic mass is 35.5. The number of aromatic hydroxyl groups is 1. The zero-order valence-corrected chi connectivity index (χ0v) is 18.6. The summed E-state index contributed by atoms with van der Waals surface area (Å²) < 4.78 is 5.47. The van der Waals surface area contributed by atoms with Crippen LogP contribution in [0.4, 0.5) is 11.6 Å². The normalized spacial score (nSPS) is 17.1. The van der Waals surface area contributed by atoms with E-state index >= 15 is 0 Å². The van der Waals surface area contributed by atoms with Crippen LogP contribution in [-0.4, -0.2) is 57.4 Å². The van der Waals surface area contributed by atoms with E-state index in [2.05, 4.69) is 20.2 Å². The SMILES string of the molecule is Cl.Oc1nc2ccccc2nc1/C=C/c1nc(NC2CCOCC2)cc(N2CCCC2)n1. The van der Waals surface area contributed by atoms with Crippen molar-refractivity contribution in [3.8, 4) is 5.88 Å². The lowest BCUT2D eigenvalue weighted by atomic mass is 10.1. The lowest BCUT2D eigenvalue weighted by molar-refractivity contribution is 0.0904. The minimum Gasteiger partial charge on any atom is -0.492 e. The molecule has 2 aliphatic rings. The van der Waals surface area contributed by atoms with E-state index in [1.807, 2.05) is 30.3 Å². The summed E-state index contributed by atoms with van der Waals surface area (Å²) in [6.45, 7) is 3.56. The maximum atomic E-state index is 10.3. The average molecular weight is 455 g/mol. The number of fused-ring (bicyclic) bond motifs is 1. The largest absolute Gasteiger partial charge is 0.492 e. The highest BCUT2D eigenvalue weighted by molar-refractivity contribution is 5.85. The van der Waals surface area contributed by atoms with Gasteiger partial charge >= 0.3 is 0 Å². The molecule has 2 fully saturated rings. The number of halogens is 1. The van der Waals surface area contributed by atoms with Crippen molar-refractivity contribution in [2.75, 3.05) is 36.5 Å². The third-order valence-electron chi connectivity index (χ3n) is 5.70. The van der Waals surface area contributed by atoms with Crippen molar-refractivity contribution in [1.29, 1.82) is 0 Å². The van der Waals surface area contributed by atoms with Crippen molar-refractivity contribution in [1.82, 2.24) is 19.9 Å². The van der Waals surface area contributed by atoms with Crippen LogP contribution in [0.25, 0.3) is 23.2 Å². The molecule has 32 heavy (non-hydrogen) atoms. The molecule has 4 heterocycles. The molecule has 0 spiro atoms. The molecular formula is C23H27ClN6O2. The van der Waals surface area contributed by atoms with Crippen LogP contribution >= 0.6 is 12.4 Å². The van der Waals surface area contributed by atoms with Gasteiger partial charge in [0.1, 0.15) is 17.3 Å². The summed E-state index contributed by atoms with van der Waals surface area (Å²) >= 11 is 0. The Morgan fingerprint density at radius 3 is 2.44 bits per heavy atom. The predicted octanol–water partition coefficient (Wildman–Crippen LogP) is 3.91. The molecule has 2 aliphatic heterocycles. The fourth-order valence-electron chi connectivity index (χ4n) is 4.03. The number of nitrogens with one attached hydrogen (secondary N) is 1. The van der Waals surface area contributed by atoms with E-state index in [1.165, 1.54) is 12.8 Å². The molecule has 0 atom stereocenters. The van der Waals surface area contributed by atoms with E-state index in [1.54, 1.807) is 12.2 Å². The maximum Gasteiger partial charge on any atom is 0.238 e. The van der Waals surface area contributed by atoms with Gasteiger partial charge in [0.05, 0.1) is 11.0 Å². The molecule has 0 unspecified atom stereocenters. The van der Waals surface area contributed by atoms with Crippen LogP contribution in [0, 0.1) is 0 Å². The molecule has 3 aromatic rings. The molecule has 1 aromatic carbocycles. The first-order chi connectivity index (χ1) is 15.2. The van der Waals surface area contributed by atoms with Gasteiger partial charge in [0.2, 0.25) is 5.88 Å². The molecule has 2 aromatic heterocycles. The average Bonchev–Trinajstić information content (AvgIpc) is 3.33. The number of para-hydroxylation sites is 2. The Hall–Kier alpha value is -2.97. The molecule has 0 radical (unpaired) electrons. The molecule has 168 valence electrons. The topological polar surface area (TPSA) is 96.3 Å². The third-order valence-corrected chi connectivity index (χ3v) is 5.70. The summed E-state index contributed by atoms with van der Waals surface area (Å²) in [6, 6.07) is 9.86. The lowest BCUT2D eigenvalue weighted by Crippen LogP contribution is -2.28. The van der Waals surface area contributed by atoms with Crippen LogP contribution in [0.1, 0.15) is 37.2 Å². The Bertz CT molecular complexity index is 1100. The number of hydrogen-bond donors (Lipinski definition) is 2. The van der Waals surface area contributed by atoms with Gasteiger partial charge in [0.25, 0.3) is 0 Å². The molecule has 2 saturated heterocycles. The van der Waals surface area contributed by atoms with Crippen LogP contribution < -0.4 is 10.2 Å². The van der Waals surface area contributed by atoms with Crippen LogP contribution in [0.2, 0.25) is 0 Å². The zero-order valence-electron chi connectivity index (χ0n) is 17.8. The molecule has 8 nitrogen and oxygen atoms in total. The van der Waals surface area contributed by atoms with Gasteiger partial charge < -0.3 is 20.1 Å². The first-order valence-electron chi connectivity index (χ1n) is 10.9. The van der Waals surface area contributed by atoms with E-state index in [9.17, 15) is 5.11 Å². The Labute approximate surface area is 193 Å². The van der Waals surface area contributed by atoms with E-state index in [-0.39, 0.29) is 18.3 Å². The predicted molar refractivity (Wildman–Crippen MR) is 128 cm³/mol. The van der Waals surface area contributed by atoms with Crippen LogP contribution in [-0.2, 0) is 4.74 Å². The quantitative estimate of drug-likeness (QED) is 0.599. The van der Waals surface area contributed by atoms with Gasteiger partial charge in [0.15, 0.2) is 5.82 Å². The standard InChI is InChI=1S/C23H26N6O2.ClH/c30-23-19(25-17-5-1-2-6-18(17)26-23)7-8-20-27-21(24-16-9-13-31-14-10-16)15-22(28-20)29-11-3-4-12-29;/h1-2,5-8,15-16H,3-4,9-14H2,(H,26,30)(H,24,27,28);1H/b8-7+;. The van der Waals surface area contributed by atoms with Gasteiger partial charge in [-0.05, 0) is 50.0 Å². The number of rotatable bonds is 5. The highest BCUT2D eigenvalue weighted by Crippen LogP contribution is 2.24. The number of hydrogen-bond acceptors (Lipinski definition) is 8. The fourth-order valence-corrected chi connectivity index (χ4v) is 4.03. The number of ether oxygens (including phenoxy) is 1. The second-order valence-electron chi connectivity index (χ2n) is 7.95. The van der Waals surface area contributed by atoms with Crippen molar-refractivity contribution in [2.45, 2.75) is 31.7 Å². The summed E-state index contributed by atoms with van der Waals surface area (Å²) in [5, 5.41) is 13.8. The molecule has 0 aliphatic carbocycles. The van der Waals surface area contributed by atoms with Crippen molar-refractivity contribution in [3.63, 3.8) is 0 Å². The third kappa shape index (κ3) is 5.08. The number of nitrogens with zero attached hydrogens (tertiary/aromatic N) is 5. The first kappa shape index (κ1) is 22.2. The molecule has 0 amide bonds. The van der Waals surface area contributed by atoms with Crippen LogP contribution in [0.15, 0.2) is 30.3 Å². The van der Waals surface area contributed by atoms with Crippen molar-refractivity contribution in [2.24, 2.45) is 0 Å². The van der Waals surface area contributed by atoms with Gasteiger partial charge in [0, 0.05) is 38.4 Å². The first-order valence-corrected chi connectivity index (χ1v) is 10.9. The molecular weight excluding hydrogens is 428 g/mol. The van der Waals surface area contributed by atoms with E-state index < -0.39 is 0 Å². The summed E-state index contributed by atoms with van der Waals surface area (Å²) in [7, 11) is 0. The second kappa shape index (κ2) is 10.1. The van der Waals surface area contributed by atoms with Crippen LogP contribution in [0.3, 0.4) is 0 Å². The maximum absolute atomic E-state index is 10.3. The number of aromatic nitrogens is 4. The summed E-state index contributed by atoms with van der Waals surface area (Å²) in [5.41, 5.74) is 1.79. The highest BCUT2D eigenvalue weighted by Gasteiger charge is 2.18. The lowest BCUT2D eigenvalue weighted by Gasteiger charge is -2.24. The summed E-state index contributed by atoms with van der Waals surface area (Å²) in [4.78, 5) is 20.5. The van der Waals surface area contributed by atoms with Crippen LogP contribution in [0.5, 0.6) is 5.88 Å². The summed E-state index contributed by atoms with van der Waals surface area (Å²) in [6.07, 6.45) is 7.80. The minimum atomic E-state index is -0.105. The van der Waals surface area contributed by atoms with Gasteiger partial charge in [-0.25, -0.2) is 19.9 Å². The number of benzene rings is 1. The monoisotopic (exact) mass is 454 g/mol. The van der Waals surface area contributed by atoms with Gasteiger partial charge in [-0.2, -0.15) is 0 Å². The van der Waals surface area contributed by atoms with Crippen molar-refractivity contribution in [3.05, 3.63) is 41.9 Å². The zero-order chi connectivity index (χ0) is 21.0. The Balaban J connectivity index is 0.00000245. The van der Waals surface area contributed by atoms with Crippen molar-refractivity contribution >= 4 is 47.2 Å². The molecule has 9 heteroatoms. The molecule has 0 saturated carbocycles. The Morgan fingerprint density at radius 2 is 1.69 bits per heavy atom. The van der Waals surface area contributed by atoms with E-state index in [4.69, 9.17) is 14.7 Å². The van der Waals surface area contributed by atoms with Gasteiger partial charge in [-0.15, -0.1) is 12.4 Å². The van der Waals surface area contributed by atoms with E-state index in [0.717, 1.165) is 56.3 Å². The smallest absolute Gasteiger partial charge is 0.238 e. The Kier molecular flexibility index (Phi) is 7.02. The summed E-state index contributed by atoms with van der Waals surface area (Å²) in [5.74, 6) is 2.22. The molecule has 0 bridgehead atoms. The minimum absolute atomic E-state index is 0. The second-order valence-corrected chi connectivity index (χ2v) is 7.95. The van der Waals surface area contributed by atoms with Gasteiger partial charge in [-0.1, -0.05) is 12.1 Å². The van der Waals surface area contributed by atoms with E-state index in [0.29, 0.717) is 23.1 Å². The number of anilines is 2. The molecule has 2 N–H and O–H groups in total. The fraction of sp³-hybridized carbons (Fsp3) is 0.391. The van der Waals surface area contributed by atoms with Gasteiger partial charge in [-0.3, -0.25) is 0 Å². The Morgan fingerprint density at radius 1 is 0.969 bits per heavy atom. The van der Waals surface area contributed by atoms with Crippen molar-refractivity contribution < 1.29 is 9.84 Å². The molecule has 5 rings (SSSR count).